The van der Waals surface area contributed by atoms with Crippen molar-refractivity contribution in [2.75, 3.05) is 0 Å². The highest BCUT2D eigenvalue weighted by atomic mass is 16.1. The van der Waals surface area contributed by atoms with Gasteiger partial charge in [-0.25, -0.2) is 0 Å². The molecular formula is C16H24O. The van der Waals surface area contributed by atoms with Crippen molar-refractivity contribution in [2.45, 2.75) is 52.9 Å². The molecule has 1 nitrogen and oxygen atoms in total. The first kappa shape index (κ1) is 14.0. The third kappa shape index (κ3) is 3.69. The minimum absolute atomic E-state index is 0.220. The Balaban J connectivity index is 2.92. The maximum absolute atomic E-state index is 12.5. The summed E-state index contributed by atoms with van der Waals surface area (Å²) in [5.74, 6) is 0.573. The number of hydrogen-bond donors (Lipinski definition) is 0. The van der Waals surface area contributed by atoms with Gasteiger partial charge in [-0.15, -0.1) is 0 Å². The quantitative estimate of drug-likeness (QED) is 0.625. The van der Waals surface area contributed by atoms with Gasteiger partial charge in [0.15, 0.2) is 5.78 Å². The van der Waals surface area contributed by atoms with Gasteiger partial charge >= 0.3 is 0 Å². The summed E-state index contributed by atoms with van der Waals surface area (Å²) in [4.78, 5) is 12.5. The molecule has 0 bridgehead atoms. The summed E-state index contributed by atoms with van der Waals surface area (Å²) in [5, 5.41) is 0. The van der Waals surface area contributed by atoms with Crippen molar-refractivity contribution in [1.82, 2.24) is 0 Å². The van der Waals surface area contributed by atoms with Crippen molar-refractivity contribution < 1.29 is 4.79 Å². The average molecular weight is 232 g/mol. The lowest BCUT2D eigenvalue weighted by Gasteiger charge is -2.16. The first-order valence-corrected chi connectivity index (χ1v) is 6.86. The molecule has 0 N–H and O–H groups in total. The third-order valence-corrected chi connectivity index (χ3v) is 3.31. The lowest BCUT2D eigenvalue weighted by Crippen LogP contribution is -2.16. The van der Waals surface area contributed by atoms with Crippen LogP contribution in [0.2, 0.25) is 0 Å². The van der Waals surface area contributed by atoms with E-state index in [1.54, 1.807) is 0 Å². The van der Waals surface area contributed by atoms with Crippen LogP contribution in [0.25, 0.3) is 0 Å². The lowest BCUT2D eigenvalue weighted by molar-refractivity contribution is 0.0904. The van der Waals surface area contributed by atoms with Gasteiger partial charge in [-0.2, -0.15) is 0 Å². The molecule has 0 unspecified atom stereocenters. The van der Waals surface area contributed by atoms with Crippen molar-refractivity contribution in [3.05, 3.63) is 35.4 Å². The van der Waals surface area contributed by atoms with E-state index in [-0.39, 0.29) is 5.92 Å². The maximum Gasteiger partial charge on any atom is 0.166 e. The highest BCUT2D eigenvalue weighted by Crippen LogP contribution is 2.22. The molecule has 0 aliphatic rings. The maximum atomic E-state index is 12.5. The Bertz CT molecular complexity index is 348. The molecular weight excluding hydrogens is 208 g/mol. The zero-order valence-electron chi connectivity index (χ0n) is 11.3. The van der Waals surface area contributed by atoms with Gasteiger partial charge in [0, 0.05) is 11.5 Å². The Labute approximate surface area is 105 Å². The molecule has 0 spiro atoms. The van der Waals surface area contributed by atoms with Crippen LogP contribution in [-0.4, -0.2) is 5.78 Å². The fraction of sp³-hybridized carbons (Fsp3) is 0.562. The summed E-state index contributed by atoms with van der Waals surface area (Å²) in [6, 6.07) is 8.05. The van der Waals surface area contributed by atoms with Crippen LogP contribution in [0.3, 0.4) is 0 Å². The van der Waals surface area contributed by atoms with E-state index < -0.39 is 0 Å². The van der Waals surface area contributed by atoms with Gasteiger partial charge in [0.25, 0.3) is 0 Å². The van der Waals surface area contributed by atoms with E-state index in [1.165, 1.54) is 5.56 Å². The molecule has 1 rings (SSSR count). The first-order chi connectivity index (χ1) is 8.24. The number of ketones is 1. The van der Waals surface area contributed by atoms with Gasteiger partial charge in [-0.05, 0) is 24.8 Å². The predicted molar refractivity (Wildman–Crippen MR) is 73.5 cm³/mol. The monoisotopic (exact) mass is 232 g/mol. The van der Waals surface area contributed by atoms with E-state index >= 15 is 0 Å². The molecule has 0 atom stereocenters. The standard InChI is InChI=1S/C16H24O/c1-4-9-14(10-5-2)16(17)15-12-8-7-11-13(15)6-3/h7-8,11-12,14H,4-6,9-10H2,1-3H3. The minimum Gasteiger partial charge on any atom is -0.294 e. The second-order valence-electron chi connectivity index (χ2n) is 4.65. The number of Topliss-reactive ketones (excluding diaryl/α,β-unsaturated/α-hetero) is 1. The number of aryl methyl sites for hydroxylation is 1. The van der Waals surface area contributed by atoms with Crippen LogP contribution in [0, 0.1) is 5.92 Å². The molecule has 1 heteroatoms. The summed E-state index contributed by atoms with van der Waals surface area (Å²) in [6.45, 7) is 6.42. The van der Waals surface area contributed by atoms with Crippen LogP contribution in [-0.2, 0) is 6.42 Å². The van der Waals surface area contributed by atoms with Crippen LogP contribution in [0.1, 0.15) is 62.4 Å². The predicted octanol–water partition coefficient (Wildman–Crippen LogP) is 4.65. The largest absolute Gasteiger partial charge is 0.294 e. The minimum atomic E-state index is 0.220. The number of rotatable bonds is 7. The smallest absolute Gasteiger partial charge is 0.166 e. The molecule has 0 saturated carbocycles. The normalized spacial score (nSPS) is 10.8. The SMILES string of the molecule is CCCC(CCC)C(=O)c1ccccc1CC. The molecule has 0 aromatic heterocycles. The van der Waals surface area contributed by atoms with E-state index in [4.69, 9.17) is 0 Å². The summed E-state index contributed by atoms with van der Waals surface area (Å²) in [6.07, 6.45) is 5.15. The molecule has 1 aromatic carbocycles. The van der Waals surface area contributed by atoms with E-state index in [1.807, 2.05) is 18.2 Å². The molecule has 0 heterocycles. The third-order valence-electron chi connectivity index (χ3n) is 3.31. The highest BCUT2D eigenvalue weighted by Gasteiger charge is 2.19. The second-order valence-corrected chi connectivity index (χ2v) is 4.65. The fourth-order valence-electron chi connectivity index (χ4n) is 2.39. The molecule has 0 saturated heterocycles. The molecule has 0 aliphatic heterocycles. The molecule has 1 aromatic rings. The number of hydrogen-bond acceptors (Lipinski definition) is 1. The van der Waals surface area contributed by atoms with Gasteiger partial charge in [0.05, 0.1) is 0 Å². The second kappa shape index (κ2) is 7.26. The van der Waals surface area contributed by atoms with Gasteiger partial charge in [-0.3, -0.25) is 4.79 Å². The van der Waals surface area contributed by atoms with Crippen molar-refractivity contribution >= 4 is 5.78 Å². The number of benzene rings is 1. The van der Waals surface area contributed by atoms with Crippen LogP contribution in [0.5, 0.6) is 0 Å². The Hall–Kier alpha value is -1.11. The van der Waals surface area contributed by atoms with Crippen molar-refractivity contribution in [2.24, 2.45) is 5.92 Å². The number of carbonyl (C=O) groups is 1. The summed E-state index contributed by atoms with van der Waals surface area (Å²) < 4.78 is 0. The van der Waals surface area contributed by atoms with E-state index in [0.717, 1.165) is 37.7 Å². The molecule has 0 fully saturated rings. The van der Waals surface area contributed by atoms with Gasteiger partial charge in [0.1, 0.15) is 0 Å². The molecule has 94 valence electrons. The Morgan fingerprint density at radius 3 is 2.18 bits per heavy atom. The number of carbonyl (C=O) groups excluding carboxylic acids is 1. The zero-order chi connectivity index (χ0) is 12.7. The lowest BCUT2D eigenvalue weighted by atomic mass is 9.87. The van der Waals surface area contributed by atoms with Crippen molar-refractivity contribution in [3.8, 4) is 0 Å². The van der Waals surface area contributed by atoms with Gasteiger partial charge in [0.2, 0.25) is 0 Å². The van der Waals surface area contributed by atoms with Crippen LogP contribution in [0.15, 0.2) is 24.3 Å². The topological polar surface area (TPSA) is 17.1 Å². The van der Waals surface area contributed by atoms with Gasteiger partial charge < -0.3 is 0 Å². The highest BCUT2D eigenvalue weighted by molar-refractivity contribution is 5.99. The Morgan fingerprint density at radius 2 is 1.65 bits per heavy atom. The van der Waals surface area contributed by atoms with Crippen molar-refractivity contribution in [1.29, 1.82) is 0 Å². The van der Waals surface area contributed by atoms with Gasteiger partial charge in [-0.1, -0.05) is 57.9 Å². The van der Waals surface area contributed by atoms with E-state index in [0.29, 0.717) is 5.78 Å². The van der Waals surface area contributed by atoms with Crippen LogP contribution < -0.4 is 0 Å². The Kier molecular flexibility index (Phi) is 5.96. The van der Waals surface area contributed by atoms with E-state index in [2.05, 4.69) is 26.8 Å². The molecule has 0 aliphatic carbocycles. The van der Waals surface area contributed by atoms with Crippen LogP contribution in [0.4, 0.5) is 0 Å². The summed E-state index contributed by atoms with van der Waals surface area (Å²) >= 11 is 0. The molecule has 17 heavy (non-hydrogen) atoms. The summed E-state index contributed by atoms with van der Waals surface area (Å²) in [7, 11) is 0. The average Bonchev–Trinajstić information content (AvgIpc) is 2.37. The molecule has 0 amide bonds. The van der Waals surface area contributed by atoms with E-state index in [9.17, 15) is 4.79 Å². The first-order valence-electron chi connectivity index (χ1n) is 6.86. The summed E-state index contributed by atoms with van der Waals surface area (Å²) in [5.41, 5.74) is 2.14. The molecule has 0 radical (unpaired) electrons. The van der Waals surface area contributed by atoms with Crippen molar-refractivity contribution in [3.63, 3.8) is 0 Å². The zero-order valence-corrected chi connectivity index (χ0v) is 11.3. The fourth-order valence-corrected chi connectivity index (χ4v) is 2.39. The Morgan fingerprint density at radius 1 is 1.06 bits per heavy atom. The van der Waals surface area contributed by atoms with Crippen LogP contribution >= 0.6 is 0 Å².